The summed E-state index contributed by atoms with van der Waals surface area (Å²) in [6.07, 6.45) is 1.87. The Balaban J connectivity index is 0.000000810. The van der Waals surface area contributed by atoms with E-state index in [0.29, 0.717) is 0 Å². The first kappa shape index (κ1) is 9.25. The Morgan fingerprint density at radius 3 is 2.30 bits per heavy atom. The van der Waals surface area contributed by atoms with E-state index in [0.717, 1.165) is 0 Å². The lowest BCUT2D eigenvalue weighted by Crippen LogP contribution is -3.00. The average molecular weight is 154 g/mol. The Hall–Kier alpha value is -0.750. The molecule has 1 aromatic rings. The number of benzene rings is 1. The van der Waals surface area contributed by atoms with Crippen LogP contribution in [-0.4, -0.2) is 0 Å². The Kier molecular flexibility index (Phi) is 3.82. The summed E-state index contributed by atoms with van der Waals surface area (Å²) in [5, 5.41) is 0. The summed E-state index contributed by atoms with van der Waals surface area (Å²) in [5.74, 6) is 0. The number of rotatable bonds is 1. The Morgan fingerprint density at radius 1 is 1.30 bits per heavy atom. The molecule has 0 radical (unpaired) electrons. The Labute approximate surface area is 68.0 Å². The van der Waals surface area contributed by atoms with E-state index in [4.69, 9.17) is 0 Å². The van der Waals surface area contributed by atoms with Crippen LogP contribution in [-0.2, 0) is 0 Å². The first-order valence-electron chi connectivity index (χ1n) is 3.02. The third-order valence-electron chi connectivity index (χ3n) is 1.41. The minimum absolute atomic E-state index is 0. The summed E-state index contributed by atoms with van der Waals surface area (Å²) < 4.78 is 0. The fourth-order valence-electron chi connectivity index (χ4n) is 0.816. The van der Waals surface area contributed by atoms with Crippen molar-refractivity contribution in [3.63, 3.8) is 0 Å². The first-order valence-corrected chi connectivity index (χ1v) is 3.02. The molecule has 54 valence electrons. The average Bonchev–Trinajstić information content (AvgIpc) is 1.89. The lowest BCUT2D eigenvalue weighted by atomic mass is 10.1. The van der Waals surface area contributed by atoms with Crippen LogP contribution in [0.5, 0.6) is 0 Å². The second-order valence-electron chi connectivity index (χ2n) is 2.06. The monoisotopic (exact) mass is 153 g/mol. The standard InChI is InChI=1S/C9H10.ClH/c1-3-9-7-5-4-6-8(9)2;/h3-7H,1H2,2H3;1H/p-1. The van der Waals surface area contributed by atoms with Crippen molar-refractivity contribution in [3.05, 3.63) is 42.0 Å². The zero-order valence-corrected chi connectivity index (χ0v) is 6.73. The van der Waals surface area contributed by atoms with E-state index in [9.17, 15) is 0 Å². The highest BCUT2D eigenvalue weighted by molar-refractivity contribution is 5.50. The van der Waals surface area contributed by atoms with Crippen LogP contribution >= 0.6 is 0 Å². The molecule has 0 bridgehead atoms. The predicted molar refractivity (Wildman–Crippen MR) is 41.3 cm³/mol. The van der Waals surface area contributed by atoms with Crippen molar-refractivity contribution in [1.29, 1.82) is 0 Å². The van der Waals surface area contributed by atoms with Gasteiger partial charge in [-0.3, -0.25) is 0 Å². The van der Waals surface area contributed by atoms with Crippen LogP contribution in [0.25, 0.3) is 6.08 Å². The highest BCUT2D eigenvalue weighted by Crippen LogP contribution is 2.06. The number of hydrogen-bond donors (Lipinski definition) is 0. The third kappa shape index (κ3) is 1.89. The van der Waals surface area contributed by atoms with Crippen LogP contribution in [0, 0.1) is 6.92 Å². The van der Waals surface area contributed by atoms with Gasteiger partial charge < -0.3 is 12.4 Å². The molecule has 1 rings (SSSR count). The van der Waals surface area contributed by atoms with E-state index in [-0.39, 0.29) is 12.4 Å². The fourth-order valence-corrected chi connectivity index (χ4v) is 0.816. The molecule has 0 spiro atoms. The molecule has 0 fully saturated rings. The topological polar surface area (TPSA) is 0 Å². The van der Waals surface area contributed by atoms with E-state index in [1.807, 2.05) is 18.2 Å². The van der Waals surface area contributed by atoms with Crippen molar-refractivity contribution in [2.24, 2.45) is 0 Å². The summed E-state index contributed by atoms with van der Waals surface area (Å²) >= 11 is 0. The van der Waals surface area contributed by atoms with Crippen LogP contribution in [0.2, 0.25) is 0 Å². The molecule has 0 amide bonds. The van der Waals surface area contributed by atoms with Gasteiger partial charge in [0.1, 0.15) is 0 Å². The van der Waals surface area contributed by atoms with Gasteiger partial charge in [-0.1, -0.05) is 36.9 Å². The van der Waals surface area contributed by atoms with Gasteiger partial charge >= 0.3 is 0 Å². The van der Waals surface area contributed by atoms with Gasteiger partial charge in [-0.15, -0.1) is 0 Å². The molecule has 0 aliphatic heterocycles. The molecule has 0 aliphatic carbocycles. The smallest absolute Gasteiger partial charge is 0.0233 e. The van der Waals surface area contributed by atoms with Crippen molar-refractivity contribution in [3.8, 4) is 0 Å². The molecule has 0 nitrogen and oxygen atoms in total. The van der Waals surface area contributed by atoms with Gasteiger partial charge in [0.05, 0.1) is 0 Å². The largest absolute Gasteiger partial charge is 1.00 e. The van der Waals surface area contributed by atoms with Gasteiger partial charge in [-0.2, -0.15) is 0 Å². The molecule has 0 atom stereocenters. The Morgan fingerprint density at radius 2 is 1.90 bits per heavy atom. The van der Waals surface area contributed by atoms with E-state index >= 15 is 0 Å². The quantitative estimate of drug-likeness (QED) is 0.517. The fraction of sp³-hybridized carbons (Fsp3) is 0.111. The molecular formula is C9H10Cl-. The van der Waals surface area contributed by atoms with E-state index < -0.39 is 0 Å². The van der Waals surface area contributed by atoms with Crippen molar-refractivity contribution in [2.45, 2.75) is 6.92 Å². The van der Waals surface area contributed by atoms with Crippen molar-refractivity contribution in [1.82, 2.24) is 0 Å². The molecule has 1 aromatic carbocycles. The second kappa shape index (κ2) is 4.13. The summed E-state index contributed by atoms with van der Waals surface area (Å²) in [6, 6.07) is 8.19. The van der Waals surface area contributed by atoms with Gasteiger partial charge in [-0.25, -0.2) is 0 Å². The molecule has 10 heavy (non-hydrogen) atoms. The van der Waals surface area contributed by atoms with E-state index in [1.165, 1.54) is 11.1 Å². The third-order valence-corrected chi connectivity index (χ3v) is 1.41. The van der Waals surface area contributed by atoms with Crippen molar-refractivity contribution >= 4 is 6.08 Å². The van der Waals surface area contributed by atoms with Crippen LogP contribution < -0.4 is 12.4 Å². The highest BCUT2D eigenvalue weighted by Gasteiger charge is 1.86. The molecule has 0 N–H and O–H groups in total. The van der Waals surface area contributed by atoms with Crippen molar-refractivity contribution in [2.75, 3.05) is 0 Å². The summed E-state index contributed by atoms with van der Waals surface area (Å²) in [7, 11) is 0. The highest BCUT2D eigenvalue weighted by atomic mass is 35.5. The lowest BCUT2D eigenvalue weighted by Gasteiger charge is -1.95. The van der Waals surface area contributed by atoms with Crippen molar-refractivity contribution < 1.29 is 12.4 Å². The maximum absolute atomic E-state index is 3.69. The van der Waals surface area contributed by atoms with Crippen LogP contribution in [0.1, 0.15) is 11.1 Å². The summed E-state index contributed by atoms with van der Waals surface area (Å²) in [4.78, 5) is 0. The zero-order valence-electron chi connectivity index (χ0n) is 5.97. The van der Waals surface area contributed by atoms with Crippen LogP contribution in [0.3, 0.4) is 0 Å². The number of hydrogen-bond acceptors (Lipinski definition) is 0. The maximum atomic E-state index is 3.69. The molecule has 0 saturated heterocycles. The molecule has 0 heterocycles. The molecule has 0 unspecified atom stereocenters. The van der Waals surface area contributed by atoms with Gasteiger partial charge in [0.2, 0.25) is 0 Å². The molecule has 1 heteroatoms. The van der Waals surface area contributed by atoms with Gasteiger partial charge in [0.15, 0.2) is 0 Å². The second-order valence-corrected chi connectivity index (χ2v) is 2.06. The van der Waals surface area contributed by atoms with E-state index in [2.05, 4.69) is 25.6 Å². The minimum Gasteiger partial charge on any atom is -1.00 e. The normalized spacial score (nSPS) is 8.10. The predicted octanol–water partition coefficient (Wildman–Crippen LogP) is -0.358. The summed E-state index contributed by atoms with van der Waals surface area (Å²) in [6.45, 7) is 5.77. The molecule has 0 aliphatic rings. The minimum atomic E-state index is 0. The van der Waals surface area contributed by atoms with E-state index in [1.54, 1.807) is 0 Å². The summed E-state index contributed by atoms with van der Waals surface area (Å²) in [5.41, 5.74) is 2.50. The first-order chi connectivity index (χ1) is 4.34. The van der Waals surface area contributed by atoms with Gasteiger partial charge in [0, 0.05) is 0 Å². The number of halogens is 1. The number of aryl methyl sites for hydroxylation is 1. The van der Waals surface area contributed by atoms with Crippen LogP contribution in [0.15, 0.2) is 30.8 Å². The molecule has 0 saturated carbocycles. The van der Waals surface area contributed by atoms with Gasteiger partial charge in [-0.05, 0) is 18.1 Å². The lowest BCUT2D eigenvalue weighted by molar-refractivity contribution is -0.00000186. The SMILES string of the molecule is C=Cc1ccccc1C.[Cl-]. The Bertz CT molecular complexity index is 216. The zero-order chi connectivity index (χ0) is 6.69. The molecule has 0 aromatic heterocycles. The van der Waals surface area contributed by atoms with Crippen LogP contribution in [0.4, 0.5) is 0 Å². The maximum Gasteiger partial charge on any atom is -0.0233 e. The van der Waals surface area contributed by atoms with Gasteiger partial charge in [0.25, 0.3) is 0 Å². The molecular weight excluding hydrogens is 144 g/mol.